The molecule has 2 aromatic heterocycles. The second-order valence-corrected chi connectivity index (χ2v) is 3.12. The van der Waals surface area contributed by atoms with Crippen molar-refractivity contribution < 1.29 is 0 Å². The Bertz CT molecular complexity index is 482. The smallest absolute Gasteiger partial charge is 0.112 e. The molecule has 3 heteroatoms. The molecule has 0 aromatic carbocycles. The number of aromatic amines is 1. The quantitative estimate of drug-likeness (QED) is 0.636. The van der Waals surface area contributed by atoms with Gasteiger partial charge in [0.1, 0.15) is 5.82 Å². The van der Waals surface area contributed by atoms with E-state index in [0.717, 1.165) is 17.9 Å². The zero-order valence-corrected chi connectivity index (χ0v) is 7.04. The summed E-state index contributed by atoms with van der Waals surface area (Å²) in [6.07, 6.45) is 7.93. The van der Waals surface area contributed by atoms with E-state index in [9.17, 15) is 0 Å². The van der Waals surface area contributed by atoms with Crippen LogP contribution in [0.5, 0.6) is 0 Å². The number of anilines is 1. The van der Waals surface area contributed by atoms with Crippen LogP contribution in [0.25, 0.3) is 17.0 Å². The van der Waals surface area contributed by atoms with Crippen molar-refractivity contribution in [2.75, 3.05) is 11.9 Å². The van der Waals surface area contributed by atoms with Gasteiger partial charge in [-0.25, -0.2) is 0 Å². The van der Waals surface area contributed by atoms with Crippen LogP contribution >= 0.6 is 0 Å². The summed E-state index contributed by atoms with van der Waals surface area (Å²) in [4.78, 5) is 7.36. The Kier molecular flexibility index (Phi) is 1.22. The van der Waals surface area contributed by atoms with Crippen molar-refractivity contribution in [3.8, 4) is 0 Å². The van der Waals surface area contributed by atoms with Crippen molar-refractivity contribution in [3.63, 3.8) is 0 Å². The number of nitrogens with one attached hydrogen (secondary N) is 2. The lowest BCUT2D eigenvalue weighted by molar-refractivity contribution is 1.26. The average molecular weight is 171 g/mol. The fourth-order valence-electron chi connectivity index (χ4n) is 1.72. The first-order chi connectivity index (χ1) is 6.45. The van der Waals surface area contributed by atoms with E-state index in [4.69, 9.17) is 0 Å². The maximum Gasteiger partial charge on any atom is 0.112 e. The molecule has 3 nitrogen and oxygen atoms in total. The van der Waals surface area contributed by atoms with Crippen molar-refractivity contribution in [2.24, 2.45) is 0 Å². The normalized spacial score (nSPS) is 14.2. The van der Waals surface area contributed by atoms with E-state index >= 15 is 0 Å². The minimum absolute atomic E-state index is 0.896. The summed E-state index contributed by atoms with van der Waals surface area (Å²) in [5, 5.41) is 4.51. The van der Waals surface area contributed by atoms with Crippen molar-refractivity contribution in [3.05, 3.63) is 30.1 Å². The van der Waals surface area contributed by atoms with E-state index in [0.29, 0.717) is 0 Å². The summed E-state index contributed by atoms with van der Waals surface area (Å²) < 4.78 is 0. The van der Waals surface area contributed by atoms with E-state index in [1.165, 1.54) is 10.9 Å². The lowest BCUT2D eigenvalue weighted by atomic mass is 10.1. The number of nitrogens with zero attached hydrogens (tertiary/aromatic N) is 1. The highest BCUT2D eigenvalue weighted by Gasteiger charge is 2.09. The van der Waals surface area contributed by atoms with Crippen molar-refractivity contribution in [2.45, 2.75) is 0 Å². The number of hydrogen-bond acceptors (Lipinski definition) is 2. The summed E-state index contributed by atoms with van der Waals surface area (Å²) in [6.45, 7) is 0.896. The van der Waals surface area contributed by atoms with E-state index in [1.54, 1.807) is 0 Å². The molecule has 0 fully saturated rings. The highest BCUT2D eigenvalue weighted by atomic mass is 15.0. The van der Waals surface area contributed by atoms with E-state index < -0.39 is 0 Å². The Hall–Kier alpha value is -1.77. The Balaban J connectivity index is 2.42. The van der Waals surface area contributed by atoms with Gasteiger partial charge in [-0.05, 0) is 6.07 Å². The monoisotopic (exact) mass is 171 g/mol. The molecule has 64 valence electrons. The molecule has 1 aliphatic rings. The Morgan fingerprint density at radius 1 is 1.38 bits per heavy atom. The molecule has 0 bridgehead atoms. The van der Waals surface area contributed by atoms with Crippen molar-refractivity contribution in [1.82, 2.24) is 9.97 Å². The van der Waals surface area contributed by atoms with Crippen LogP contribution in [0.4, 0.5) is 5.82 Å². The maximum atomic E-state index is 4.07. The molecule has 3 rings (SSSR count). The van der Waals surface area contributed by atoms with Crippen LogP contribution in [-0.4, -0.2) is 16.5 Å². The predicted octanol–water partition coefficient (Wildman–Crippen LogP) is 2.00. The van der Waals surface area contributed by atoms with E-state index in [2.05, 4.69) is 27.4 Å². The second kappa shape index (κ2) is 2.36. The van der Waals surface area contributed by atoms with Gasteiger partial charge in [0.05, 0.1) is 11.7 Å². The lowest BCUT2D eigenvalue weighted by Crippen LogP contribution is -2.02. The van der Waals surface area contributed by atoms with Crippen LogP contribution in [-0.2, 0) is 0 Å². The molecule has 0 unspecified atom stereocenters. The fourth-order valence-corrected chi connectivity index (χ4v) is 1.72. The standard InChI is InChI=1S/C10H9N3/c1-2-8-7-3-5-11-6-9(7)13-10(8)12-4-1/h1-3,5-6,12-13H,4H2. The van der Waals surface area contributed by atoms with Crippen molar-refractivity contribution >= 4 is 22.8 Å². The first-order valence-corrected chi connectivity index (χ1v) is 4.31. The van der Waals surface area contributed by atoms with Crippen LogP contribution in [0.15, 0.2) is 24.5 Å². The Morgan fingerprint density at radius 2 is 2.38 bits per heavy atom. The fraction of sp³-hybridized carbons (Fsp3) is 0.100. The molecule has 0 amide bonds. The van der Waals surface area contributed by atoms with Gasteiger partial charge in [-0.15, -0.1) is 0 Å². The third-order valence-corrected chi connectivity index (χ3v) is 2.32. The number of hydrogen-bond donors (Lipinski definition) is 2. The summed E-state index contributed by atoms with van der Waals surface area (Å²) in [6, 6.07) is 2.03. The highest BCUT2D eigenvalue weighted by molar-refractivity contribution is 5.95. The Morgan fingerprint density at radius 3 is 3.38 bits per heavy atom. The second-order valence-electron chi connectivity index (χ2n) is 3.12. The van der Waals surface area contributed by atoms with Crippen LogP contribution in [0.2, 0.25) is 0 Å². The number of fused-ring (bicyclic) bond motifs is 3. The third-order valence-electron chi connectivity index (χ3n) is 2.32. The van der Waals surface area contributed by atoms with Gasteiger partial charge < -0.3 is 10.3 Å². The molecule has 13 heavy (non-hydrogen) atoms. The lowest BCUT2D eigenvalue weighted by Gasteiger charge is -2.06. The van der Waals surface area contributed by atoms with Crippen LogP contribution in [0.1, 0.15) is 5.56 Å². The zero-order chi connectivity index (χ0) is 8.67. The molecular weight excluding hydrogens is 162 g/mol. The molecule has 0 spiro atoms. The SMILES string of the molecule is C1=Cc2c([nH]c3cnccc23)NC1. The number of H-pyrrole nitrogens is 1. The van der Waals surface area contributed by atoms with Crippen molar-refractivity contribution in [1.29, 1.82) is 0 Å². The molecule has 0 saturated heterocycles. The van der Waals surface area contributed by atoms with Gasteiger partial charge in [0.15, 0.2) is 0 Å². The summed E-state index contributed by atoms with van der Waals surface area (Å²) >= 11 is 0. The first kappa shape index (κ1) is 6.71. The molecule has 2 N–H and O–H groups in total. The minimum atomic E-state index is 0.896. The number of rotatable bonds is 0. The highest BCUT2D eigenvalue weighted by Crippen LogP contribution is 2.28. The topological polar surface area (TPSA) is 40.7 Å². The van der Waals surface area contributed by atoms with Gasteiger partial charge in [0, 0.05) is 23.7 Å². The first-order valence-electron chi connectivity index (χ1n) is 4.31. The van der Waals surface area contributed by atoms with Gasteiger partial charge >= 0.3 is 0 Å². The predicted molar refractivity (Wildman–Crippen MR) is 53.6 cm³/mol. The minimum Gasteiger partial charge on any atom is -0.368 e. The van der Waals surface area contributed by atoms with Crippen LogP contribution in [0.3, 0.4) is 0 Å². The van der Waals surface area contributed by atoms with Gasteiger partial charge in [-0.3, -0.25) is 4.98 Å². The molecular formula is C10H9N3. The average Bonchev–Trinajstić information content (AvgIpc) is 2.56. The molecule has 0 atom stereocenters. The van der Waals surface area contributed by atoms with Gasteiger partial charge in [0.2, 0.25) is 0 Å². The molecule has 2 aromatic rings. The summed E-state index contributed by atoms with van der Waals surface area (Å²) in [5.41, 5.74) is 2.33. The van der Waals surface area contributed by atoms with E-state index in [1.807, 2.05) is 18.5 Å². The van der Waals surface area contributed by atoms with Crippen LogP contribution < -0.4 is 5.32 Å². The maximum absolute atomic E-state index is 4.07. The zero-order valence-electron chi connectivity index (χ0n) is 7.04. The van der Waals surface area contributed by atoms with E-state index in [-0.39, 0.29) is 0 Å². The van der Waals surface area contributed by atoms with Gasteiger partial charge in [-0.1, -0.05) is 12.2 Å². The van der Waals surface area contributed by atoms with Crippen LogP contribution in [0, 0.1) is 0 Å². The molecule has 3 heterocycles. The van der Waals surface area contributed by atoms with Gasteiger partial charge in [0.25, 0.3) is 0 Å². The number of pyridine rings is 1. The molecule has 0 saturated carbocycles. The largest absolute Gasteiger partial charge is 0.368 e. The third kappa shape index (κ3) is 0.869. The molecule has 0 radical (unpaired) electrons. The molecule has 1 aliphatic heterocycles. The molecule has 0 aliphatic carbocycles. The number of aromatic nitrogens is 2. The Labute approximate surface area is 75.5 Å². The summed E-state index contributed by atoms with van der Waals surface area (Å²) in [7, 11) is 0. The summed E-state index contributed by atoms with van der Waals surface area (Å²) in [5.74, 6) is 1.10. The van der Waals surface area contributed by atoms with Gasteiger partial charge in [-0.2, -0.15) is 0 Å².